The first-order valence-corrected chi connectivity index (χ1v) is 40.7. The molecule has 0 heterocycles. The Morgan fingerprint density at radius 2 is 0.322 bits per heavy atom. The van der Waals surface area contributed by atoms with Gasteiger partial charge in [-0.25, -0.2) is 0 Å². The lowest BCUT2D eigenvalue weighted by Crippen LogP contribution is -2.34. The van der Waals surface area contributed by atoms with Crippen LogP contribution in [0.15, 0.2) is 291 Å². The zero-order valence-corrected chi connectivity index (χ0v) is 70.9. The molecule has 0 radical (unpaired) electrons. The molecule has 0 saturated carbocycles. The number of hydrogen-bond donors (Lipinski definition) is 7. The predicted molar refractivity (Wildman–Crippen MR) is 481 cm³/mol. The average molecular weight is 1590 g/mol. The van der Waals surface area contributed by atoms with Crippen molar-refractivity contribution in [2.75, 3.05) is 64.3 Å². The van der Waals surface area contributed by atoms with Crippen LogP contribution in [-0.4, -0.2) is 82.1 Å². The maximum atomic E-state index is 9.67. The summed E-state index contributed by atoms with van der Waals surface area (Å²) in [6.45, 7) is 31.2. The van der Waals surface area contributed by atoms with Gasteiger partial charge in [-0.05, 0) is 207 Å². The van der Waals surface area contributed by atoms with E-state index < -0.39 is 0 Å². The second-order valence-corrected chi connectivity index (χ2v) is 34.1. The van der Waals surface area contributed by atoms with Gasteiger partial charge < -0.3 is 77.4 Å². The van der Waals surface area contributed by atoms with Crippen LogP contribution in [0.3, 0.4) is 0 Å². The minimum Gasteiger partial charge on any atom is -0.508 e. The Balaban J connectivity index is 0.000000231. The quantitative estimate of drug-likeness (QED) is 0.0180. The number of anilines is 2. The summed E-state index contributed by atoms with van der Waals surface area (Å²) in [5.41, 5.74) is 53.1. The van der Waals surface area contributed by atoms with E-state index in [2.05, 4.69) is 236 Å². The maximum absolute atomic E-state index is 9.67. The van der Waals surface area contributed by atoms with Crippen LogP contribution in [-0.2, 0) is 32.5 Å². The number of nitrogens with two attached hydrogens (primary N) is 6. The van der Waals surface area contributed by atoms with Gasteiger partial charge in [-0.1, -0.05) is 246 Å². The standard InChI is InChI=1S/C52H60N2O5.C51H60N4O4/c1-36-8-10-37(11-9-36)50(2,3)39-14-24-46(25-15-39)56-32-43(53)34-58-48-28-18-41(19-29-48)52(6,7)42-20-30-49(31-21-42)59-35-44(54)33-57-47-26-16-40(17-27-47)51(4,5)38-12-22-45(55)23-13-38;1-49(2,35-7-19-41(52)20-8-35)37-11-23-45(24-12-37)56-31-43(54)33-58-47-27-15-39(16-28-47)51(5,6)40-17-29-48(30-18-40)59-34-44(55)32-57-46-25-13-38(14-26-46)50(3,4)36-9-21-42(53)22-10-36/h8-31,43-44,55H,32-35,53-54H2,1-7H3;7-30,43-44H,31-34,52-55H2,1-6H3. The van der Waals surface area contributed by atoms with Crippen LogP contribution < -0.4 is 72.3 Å². The summed E-state index contributed by atoms with van der Waals surface area (Å²) < 4.78 is 48.2. The number of ether oxygens (including phenoxy) is 8. The lowest BCUT2D eigenvalue weighted by atomic mass is 9.78. The highest BCUT2D eigenvalue weighted by molar-refractivity contribution is 5.51. The summed E-state index contributed by atoms with van der Waals surface area (Å²) in [6, 6.07) is 96.3. The third-order valence-electron chi connectivity index (χ3n) is 22.9. The van der Waals surface area contributed by atoms with Crippen molar-refractivity contribution < 1.29 is 43.0 Å². The summed E-state index contributed by atoms with van der Waals surface area (Å²) >= 11 is 0. The Hall–Kier alpha value is -11.7. The molecule has 118 heavy (non-hydrogen) atoms. The number of phenols is 1. The zero-order valence-electron chi connectivity index (χ0n) is 70.9. The molecule has 0 saturated heterocycles. The van der Waals surface area contributed by atoms with Crippen LogP contribution in [0, 0.1) is 6.92 Å². The first-order valence-electron chi connectivity index (χ1n) is 40.7. The minimum atomic E-state index is -0.304. The van der Waals surface area contributed by atoms with Gasteiger partial charge in [-0.2, -0.15) is 0 Å². The van der Waals surface area contributed by atoms with E-state index in [4.69, 9.17) is 72.3 Å². The summed E-state index contributed by atoms with van der Waals surface area (Å²) in [6.07, 6.45) is 0. The number of benzene rings is 12. The fraction of sp³-hybridized carbons (Fsp3) is 0.301. The number of rotatable bonds is 36. The third-order valence-corrected chi connectivity index (χ3v) is 22.9. The Labute approximate surface area is 699 Å². The molecular weight excluding hydrogens is 1470 g/mol. The van der Waals surface area contributed by atoms with E-state index in [1.54, 1.807) is 12.1 Å². The van der Waals surface area contributed by atoms with Gasteiger partial charge in [-0.3, -0.25) is 0 Å². The largest absolute Gasteiger partial charge is 0.508 e. The predicted octanol–water partition coefficient (Wildman–Crippen LogP) is 19.6. The van der Waals surface area contributed by atoms with Crippen LogP contribution in [0.25, 0.3) is 0 Å². The first kappa shape index (κ1) is 87.1. The van der Waals surface area contributed by atoms with Gasteiger partial charge in [0, 0.05) is 43.9 Å². The van der Waals surface area contributed by atoms with Gasteiger partial charge in [-0.15, -0.1) is 0 Å². The van der Waals surface area contributed by atoms with Crippen LogP contribution in [0.1, 0.15) is 155 Å². The van der Waals surface area contributed by atoms with Crippen LogP contribution in [0.2, 0.25) is 0 Å². The second kappa shape index (κ2) is 38.6. The van der Waals surface area contributed by atoms with Gasteiger partial charge in [0.15, 0.2) is 0 Å². The zero-order chi connectivity index (χ0) is 84.4. The molecule has 0 bridgehead atoms. The molecule has 0 fully saturated rings. The molecule has 0 spiro atoms. The number of aryl methyl sites for hydroxylation is 1. The van der Waals surface area contributed by atoms with Crippen LogP contribution in [0.5, 0.6) is 51.7 Å². The second-order valence-electron chi connectivity index (χ2n) is 34.1. The Kier molecular flexibility index (Phi) is 28.5. The molecule has 4 unspecified atom stereocenters. The van der Waals surface area contributed by atoms with Crippen LogP contribution in [0.4, 0.5) is 11.4 Å². The van der Waals surface area contributed by atoms with Crippen molar-refractivity contribution in [1.29, 1.82) is 0 Å². The topological polar surface area (TPSA) is 250 Å². The van der Waals surface area contributed by atoms with E-state index in [9.17, 15) is 5.11 Å². The minimum absolute atomic E-state index is 0.111. The van der Waals surface area contributed by atoms with E-state index in [0.717, 1.165) is 90.8 Å². The molecular formula is C103H120N6O9. The van der Waals surface area contributed by atoms with E-state index >= 15 is 0 Å². The summed E-state index contributed by atoms with van der Waals surface area (Å²) in [5.74, 6) is 6.37. The van der Waals surface area contributed by atoms with Crippen molar-refractivity contribution in [3.63, 3.8) is 0 Å². The molecule has 0 aliphatic heterocycles. The molecule has 15 nitrogen and oxygen atoms in total. The van der Waals surface area contributed by atoms with Crippen molar-refractivity contribution in [3.05, 3.63) is 364 Å². The fourth-order valence-electron chi connectivity index (χ4n) is 14.2. The van der Waals surface area contributed by atoms with E-state index in [0.29, 0.717) is 52.9 Å². The number of aromatic hydroxyl groups is 1. The lowest BCUT2D eigenvalue weighted by Gasteiger charge is -2.27. The maximum Gasteiger partial charge on any atom is 0.119 e. The highest BCUT2D eigenvalue weighted by Gasteiger charge is 2.30. The monoisotopic (exact) mass is 1580 g/mol. The highest BCUT2D eigenvalue weighted by Crippen LogP contribution is 2.40. The molecule has 12 aromatic carbocycles. The van der Waals surface area contributed by atoms with Crippen molar-refractivity contribution >= 4 is 11.4 Å². The Bertz CT molecular complexity index is 4430. The molecule has 0 aliphatic carbocycles. The van der Waals surface area contributed by atoms with Crippen molar-refractivity contribution in [3.8, 4) is 51.7 Å². The SMILES string of the molecule is CC(C)(c1ccc(N)cc1)c1ccc(OCC(N)COc2ccc(C(C)(C)c3ccc(OCC(N)COc4ccc(C(C)(C)c5ccc(N)cc5)cc4)cc3)cc2)cc1.Cc1ccc(C(C)(C)c2ccc(OCC(N)COc3ccc(C(C)(C)c4ccc(OCC(N)COc5ccc(C(C)(C)c6ccc(O)cc6)cc5)cc4)cc3)cc2)cc1. The molecule has 0 aromatic heterocycles. The third kappa shape index (κ3) is 22.9. The average Bonchev–Trinajstić information content (AvgIpc) is 0.845. The van der Waals surface area contributed by atoms with E-state index in [1.807, 2.05) is 133 Å². The smallest absolute Gasteiger partial charge is 0.119 e. The molecule has 4 atom stereocenters. The summed E-state index contributed by atoms with van der Waals surface area (Å²) in [4.78, 5) is 0. The van der Waals surface area contributed by atoms with E-state index in [1.165, 1.54) is 38.9 Å². The molecule has 12 rings (SSSR count). The first-order chi connectivity index (χ1) is 56.2. The number of phenolic OH excluding ortho intramolecular Hbond substituents is 1. The van der Waals surface area contributed by atoms with Crippen molar-refractivity contribution in [2.45, 2.75) is 147 Å². The van der Waals surface area contributed by atoms with Crippen molar-refractivity contribution in [2.24, 2.45) is 22.9 Å². The normalized spacial score (nSPS) is 13.0. The van der Waals surface area contributed by atoms with Gasteiger partial charge in [0.25, 0.3) is 0 Å². The highest BCUT2D eigenvalue weighted by atomic mass is 16.5. The lowest BCUT2D eigenvalue weighted by molar-refractivity contribution is 0.220. The Morgan fingerprint density at radius 1 is 0.203 bits per heavy atom. The molecule has 12 aromatic rings. The molecule has 15 heteroatoms. The molecule has 13 N–H and O–H groups in total. The molecule has 616 valence electrons. The summed E-state index contributed by atoms with van der Waals surface area (Å²) in [5, 5.41) is 9.67. The Morgan fingerprint density at radius 3 is 0.466 bits per heavy atom. The van der Waals surface area contributed by atoms with Crippen molar-refractivity contribution in [1.82, 2.24) is 0 Å². The van der Waals surface area contributed by atoms with Gasteiger partial charge >= 0.3 is 0 Å². The van der Waals surface area contributed by atoms with Gasteiger partial charge in [0.1, 0.15) is 105 Å². The molecule has 0 amide bonds. The van der Waals surface area contributed by atoms with Gasteiger partial charge in [0.05, 0.1) is 24.2 Å². The van der Waals surface area contributed by atoms with E-state index in [-0.39, 0.29) is 62.4 Å². The van der Waals surface area contributed by atoms with Crippen LogP contribution >= 0.6 is 0 Å². The summed E-state index contributed by atoms with van der Waals surface area (Å²) in [7, 11) is 0. The number of hydrogen-bond acceptors (Lipinski definition) is 15. The fourth-order valence-corrected chi connectivity index (χ4v) is 14.2. The number of nitrogen functional groups attached to an aromatic ring is 2. The van der Waals surface area contributed by atoms with Gasteiger partial charge in [0.2, 0.25) is 0 Å². The molecule has 0 aliphatic rings.